The Balaban J connectivity index is 1.19. The molecule has 0 bridgehead atoms. The molecule has 1 aliphatic carbocycles. The van der Waals surface area contributed by atoms with Crippen molar-refractivity contribution >= 4 is 11.8 Å². The van der Waals surface area contributed by atoms with Gasteiger partial charge in [-0.2, -0.15) is 13.2 Å². The molecular weight excluding hydrogens is 522 g/mol. The summed E-state index contributed by atoms with van der Waals surface area (Å²) in [6.07, 6.45) is 3.73. The molecule has 1 unspecified atom stereocenters. The highest BCUT2D eigenvalue weighted by molar-refractivity contribution is 5.92. The molecule has 3 aromatic rings. The molecule has 4 rings (SSSR count). The highest BCUT2D eigenvalue weighted by Gasteiger charge is 2.30. The van der Waals surface area contributed by atoms with E-state index in [1.54, 1.807) is 0 Å². The zero-order valence-electron chi connectivity index (χ0n) is 21.1. The van der Waals surface area contributed by atoms with Crippen LogP contribution in [0.4, 0.5) is 17.6 Å². The second kappa shape index (κ2) is 12.8. The topological polar surface area (TPSA) is 133 Å². The highest BCUT2D eigenvalue weighted by Crippen LogP contribution is 2.29. The van der Waals surface area contributed by atoms with Gasteiger partial charge >= 0.3 is 6.18 Å². The van der Waals surface area contributed by atoms with Gasteiger partial charge in [0.2, 0.25) is 0 Å². The van der Waals surface area contributed by atoms with Crippen LogP contribution in [-0.4, -0.2) is 59.5 Å². The first-order valence-electron chi connectivity index (χ1n) is 12.7. The molecule has 0 spiro atoms. The van der Waals surface area contributed by atoms with E-state index in [1.807, 2.05) is 0 Å². The van der Waals surface area contributed by atoms with Crippen molar-refractivity contribution in [3.05, 3.63) is 53.4 Å². The molecule has 210 valence electrons. The van der Waals surface area contributed by atoms with Crippen LogP contribution in [0, 0.1) is 5.92 Å². The van der Waals surface area contributed by atoms with Crippen molar-refractivity contribution in [1.29, 1.82) is 0 Å². The number of pyridine rings is 1. The third-order valence-electron chi connectivity index (χ3n) is 6.45. The zero-order valence-corrected chi connectivity index (χ0v) is 21.1. The van der Waals surface area contributed by atoms with Crippen molar-refractivity contribution in [2.75, 3.05) is 6.54 Å². The van der Waals surface area contributed by atoms with Crippen molar-refractivity contribution in [2.24, 2.45) is 5.92 Å². The van der Waals surface area contributed by atoms with Crippen LogP contribution < -0.4 is 10.6 Å². The van der Waals surface area contributed by atoms with Crippen LogP contribution in [0.5, 0.6) is 0 Å². The normalized spacial score (nSPS) is 15.2. The molecular formula is C24H29F4N9O2. The fourth-order valence-electron chi connectivity index (χ4n) is 4.30. The SMILES string of the molecule is O=C(NCC1CCCCC1)c1cn(CCC(F)Cn2cc(C(=O)NCc3cc(C(F)(F)F)ccn3)nn2)nn1. The summed E-state index contributed by atoms with van der Waals surface area (Å²) in [5.41, 5.74) is -0.795. The van der Waals surface area contributed by atoms with Crippen molar-refractivity contribution < 1.29 is 27.2 Å². The molecule has 3 heterocycles. The van der Waals surface area contributed by atoms with Gasteiger partial charge in [-0.1, -0.05) is 29.7 Å². The van der Waals surface area contributed by atoms with Crippen molar-refractivity contribution in [2.45, 2.75) is 70.5 Å². The Labute approximate surface area is 221 Å². The first kappa shape index (κ1) is 28.1. The van der Waals surface area contributed by atoms with Crippen LogP contribution in [-0.2, 0) is 25.8 Å². The molecule has 0 aromatic carbocycles. The van der Waals surface area contributed by atoms with Crippen molar-refractivity contribution in [3.8, 4) is 0 Å². The van der Waals surface area contributed by atoms with Gasteiger partial charge in [0.25, 0.3) is 11.8 Å². The molecule has 2 amide bonds. The average Bonchev–Trinajstić information content (AvgIpc) is 3.60. The van der Waals surface area contributed by atoms with E-state index in [0.717, 1.165) is 35.9 Å². The first-order valence-corrected chi connectivity index (χ1v) is 12.7. The van der Waals surface area contributed by atoms with Crippen molar-refractivity contribution in [3.63, 3.8) is 0 Å². The Bertz CT molecular complexity index is 1250. The molecule has 39 heavy (non-hydrogen) atoms. The smallest absolute Gasteiger partial charge is 0.350 e. The Kier molecular flexibility index (Phi) is 9.19. The van der Waals surface area contributed by atoms with Gasteiger partial charge < -0.3 is 10.6 Å². The van der Waals surface area contributed by atoms with E-state index in [9.17, 15) is 27.2 Å². The lowest BCUT2D eigenvalue weighted by molar-refractivity contribution is -0.137. The van der Waals surface area contributed by atoms with Gasteiger partial charge in [-0.15, -0.1) is 10.2 Å². The molecule has 0 saturated heterocycles. The van der Waals surface area contributed by atoms with Crippen LogP contribution in [0.2, 0.25) is 0 Å². The third-order valence-corrected chi connectivity index (χ3v) is 6.45. The summed E-state index contributed by atoms with van der Waals surface area (Å²) in [6, 6.07) is 1.68. The van der Waals surface area contributed by atoms with E-state index < -0.39 is 23.8 Å². The number of aromatic nitrogens is 7. The molecule has 11 nitrogen and oxygen atoms in total. The number of alkyl halides is 4. The number of carbonyl (C=O) groups excluding carboxylic acids is 2. The van der Waals surface area contributed by atoms with Gasteiger partial charge in [-0.3, -0.25) is 19.3 Å². The van der Waals surface area contributed by atoms with Crippen LogP contribution in [0.25, 0.3) is 0 Å². The first-order chi connectivity index (χ1) is 18.7. The number of aryl methyl sites for hydroxylation is 1. The summed E-state index contributed by atoms with van der Waals surface area (Å²) in [5.74, 6) is -0.505. The number of amides is 2. The van der Waals surface area contributed by atoms with Gasteiger partial charge in [0.1, 0.15) is 6.17 Å². The van der Waals surface area contributed by atoms with Crippen LogP contribution in [0.1, 0.15) is 70.8 Å². The van der Waals surface area contributed by atoms with Gasteiger partial charge in [-0.25, -0.2) is 9.07 Å². The molecule has 0 radical (unpaired) electrons. The maximum atomic E-state index is 14.6. The summed E-state index contributed by atoms with van der Waals surface area (Å²) in [6.45, 7) is 0.354. The maximum Gasteiger partial charge on any atom is 0.416 e. The fraction of sp³-hybridized carbons (Fsp3) is 0.542. The lowest BCUT2D eigenvalue weighted by Gasteiger charge is -2.21. The average molecular weight is 552 g/mol. The number of rotatable bonds is 11. The van der Waals surface area contributed by atoms with Crippen LogP contribution >= 0.6 is 0 Å². The van der Waals surface area contributed by atoms with E-state index in [2.05, 4.69) is 36.2 Å². The summed E-state index contributed by atoms with van der Waals surface area (Å²) in [7, 11) is 0. The monoisotopic (exact) mass is 551 g/mol. The predicted octanol–water partition coefficient (Wildman–Crippen LogP) is 2.95. The number of hydrogen-bond donors (Lipinski definition) is 2. The summed E-state index contributed by atoms with van der Waals surface area (Å²) in [5, 5.41) is 20.5. The molecule has 2 N–H and O–H groups in total. The number of nitrogens with one attached hydrogen (secondary N) is 2. The summed E-state index contributed by atoms with van der Waals surface area (Å²) < 4.78 is 55.6. The predicted molar refractivity (Wildman–Crippen MR) is 129 cm³/mol. The minimum absolute atomic E-state index is 0.0207. The lowest BCUT2D eigenvalue weighted by atomic mass is 9.89. The number of hydrogen-bond acceptors (Lipinski definition) is 7. The van der Waals surface area contributed by atoms with Gasteiger partial charge in [0.15, 0.2) is 11.4 Å². The molecule has 1 fully saturated rings. The number of halogens is 4. The fourth-order valence-corrected chi connectivity index (χ4v) is 4.30. The van der Waals surface area contributed by atoms with Crippen LogP contribution in [0.15, 0.2) is 30.7 Å². The summed E-state index contributed by atoms with van der Waals surface area (Å²) >= 11 is 0. The standard InChI is InChI=1S/C24H29F4N9O2/c25-18(7-9-36-14-20(32-34-36)22(38)30-11-16-4-2-1-3-5-16)13-37-15-21(33-35-37)23(39)31-12-19-10-17(6-8-29-19)24(26,27)28/h6,8,10,14-16,18H,1-5,7,9,11-13H2,(H,30,38)(H,31,39). The van der Waals surface area contributed by atoms with Gasteiger partial charge in [0, 0.05) is 25.7 Å². The number of carbonyl (C=O) groups is 2. The van der Waals surface area contributed by atoms with Gasteiger partial charge in [0.05, 0.1) is 36.7 Å². The Morgan fingerprint density at radius 2 is 1.67 bits per heavy atom. The second-order valence-electron chi connectivity index (χ2n) is 9.51. The molecule has 3 aromatic heterocycles. The van der Waals surface area contributed by atoms with Crippen molar-refractivity contribution in [1.82, 2.24) is 45.6 Å². The molecule has 15 heteroatoms. The maximum absolute atomic E-state index is 14.6. The number of nitrogens with zero attached hydrogens (tertiary/aromatic N) is 7. The summed E-state index contributed by atoms with van der Waals surface area (Å²) in [4.78, 5) is 28.4. The Morgan fingerprint density at radius 3 is 2.38 bits per heavy atom. The third kappa shape index (κ3) is 8.29. The van der Waals surface area contributed by atoms with Gasteiger partial charge in [-0.05, 0) is 30.9 Å². The molecule has 1 atom stereocenters. The largest absolute Gasteiger partial charge is 0.416 e. The Morgan fingerprint density at radius 1 is 1.00 bits per heavy atom. The van der Waals surface area contributed by atoms with E-state index in [0.29, 0.717) is 12.5 Å². The highest BCUT2D eigenvalue weighted by atomic mass is 19.4. The zero-order chi connectivity index (χ0) is 27.8. The minimum atomic E-state index is -4.52. The molecule has 0 aliphatic heterocycles. The van der Waals surface area contributed by atoms with E-state index in [4.69, 9.17) is 0 Å². The van der Waals surface area contributed by atoms with E-state index in [1.165, 1.54) is 36.3 Å². The van der Waals surface area contributed by atoms with E-state index in [-0.39, 0.29) is 49.0 Å². The Hall–Kier alpha value is -3.91. The lowest BCUT2D eigenvalue weighted by Crippen LogP contribution is -2.30. The molecule has 1 saturated carbocycles. The van der Waals surface area contributed by atoms with Crippen LogP contribution in [0.3, 0.4) is 0 Å². The second-order valence-corrected chi connectivity index (χ2v) is 9.51. The van der Waals surface area contributed by atoms with E-state index >= 15 is 0 Å². The quantitative estimate of drug-likeness (QED) is 0.350. The minimum Gasteiger partial charge on any atom is -0.350 e. The molecule has 1 aliphatic rings.